The van der Waals surface area contributed by atoms with Crippen molar-refractivity contribution < 1.29 is 37.1 Å². The van der Waals surface area contributed by atoms with Gasteiger partial charge in [0.2, 0.25) is 5.91 Å². The number of carbonyl (C=O) groups is 3. The molecule has 0 aromatic heterocycles. The Hall–Kier alpha value is -3.18. The minimum Gasteiger partial charge on any atom is -0.475 e. The zero-order valence-corrected chi connectivity index (χ0v) is 19.3. The van der Waals surface area contributed by atoms with Gasteiger partial charge in [-0.15, -0.1) is 0 Å². The summed E-state index contributed by atoms with van der Waals surface area (Å²) in [5.74, 6) is -3.26. The molecule has 1 aliphatic rings. The van der Waals surface area contributed by atoms with Gasteiger partial charge in [0, 0.05) is 56.3 Å². The molecule has 1 aliphatic heterocycles. The standard InChI is InChI=1S/C21H23ClFN3O2.C2HF3O2/c22-18-3-1-2-17(14-18)21(28)26(15-16-4-6-19(23)7-5-16)11-8-20(27)25-12-9-24-10-13-25;3-2(4,5)1(6)7/h1-7,14,24H,8-13,15H2;(H,6,7). The van der Waals surface area contributed by atoms with Gasteiger partial charge in [0.25, 0.3) is 5.91 Å². The van der Waals surface area contributed by atoms with Crippen LogP contribution < -0.4 is 5.32 Å². The molecule has 1 fully saturated rings. The lowest BCUT2D eigenvalue weighted by Crippen LogP contribution is -2.47. The minimum absolute atomic E-state index is 0.0319. The number of hydrogen-bond acceptors (Lipinski definition) is 4. The van der Waals surface area contributed by atoms with Gasteiger partial charge in [0.05, 0.1) is 0 Å². The molecule has 190 valence electrons. The van der Waals surface area contributed by atoms with Crippen molar-refractivity contribution in [2.24, 2.45) is 0 Å². The lowest BCUT2D eigenvalue weighted by molar-refractivity contribution is -0.192. The second-order valence-electron chi connectivity index (χ2n) is 7.55. The van der Waals surface area contributed by atoms with Gasteiger partial charge in [-0.1, -0.05) is 29.8 Å². The first-order valence-electron chi connectivity index (χ1n) is 10.5. The summed E-state index contributed by atoms with van der Waals surface area (Å²) in [6.07, 6.45) is -4.84. The van der Waals surface area contributed by atoms with Crippen molar-refractivity contribution in [3.63, 3.8) is 0 Å². The molecule has 35 heavy (non-hydrogen) atoms. The Morgan fingerprint density at radius 2 is 1.66 bits per heavy atom. The molecule has 0 atom stereocenters. The van der Waals surface area contributed by atoms with E-state index in [9.17, 15) is 27.2 Å². The van der Waals surface area contributed by atoms with E-state index in [0.717, 1.165) is 18.7 Å². The second-order valence-corrected chi connectivity index (χ2v) is 7.98. The smallest absolute Gasteiger partial charge is 0.475 e. The third kappa shape index (κ3) is 9.53. The van der Waals surface area contributed by atoms with E-state index in [1.165, 1.54) is 12.1 Å². The first kappa shape index (κ1) is 28.1. The van der Waals surface area contributed by atoms with Gasteiger partial charge in [-0.25, -0.2) is 9.18 Å². The van der Waals surface area contributed by atoms with Crippen LogP contribution in [0.3, 0.4) is 0 Å². The molecule has 3 rings (SSSR count). The average molecular weight is 518 g/mol. The lowest BCUT2D eigenvalue weighted by Gasteiger charge is -2.29. The molecule has 12 heteroatoms. The summed E-state index contributed by atoms with van der Waals surface area (Å²) in [7, 11) is 0. The molecule has 2 amide bonds. The van der Waals surface area contributed by atoms with Gasteiger partial charge in [-0.05, 0) is 35.9 Å². The van der Waals surface area contributed by atoms with Gasteiger partial charge in [0.1, 0.15) is 5.82 Å². The van der Waals surface area contributed by atoms with Crippen LogP contribution in [0.4, 0.5) is 17.6 Å². The van der Waals surface area contributed by atoms with E-state index < -0.39 is 12.1 Å². The molecule has 0 radical (unpaired) electrons. The molecule has 0 saturated carbocycles. The Morgan fingerprint density at radius 3 is 2.20 bits per heavy atom. The molecular formula is C23H24ClF4N3O4. The summed E-state index contributed by atoms with van der Waals surface area (Å²) in [5.41, 5.74) is 1.26. The lowest BCUT2D eigenvalue weighted by atomic mass is 10.1. The summed E-state index contributed by atoms with van der Waals surface area (Å²) >= 11 is 6.02. The number of amides is 2. The van der Waals surface area contributed by atoms with Crippen molar-refractivity contribution in [3.8, 4) is 0 Å². The third-order valence-electron chi connectivity index (χ3n) is 4.95. The van der Waals surface area contributed by atoms with Crippen molar-refractivity contribution in [3.05, 3.63) is 70.5 Å². The van der Waals surface area contributed by atoms with Crippen LogP contribution in [-0.2, 0) is 16.1 Å². The zero-order valence-electron chi connectivity index (χ0n) is 18.5. The maximum absolute atomic E-state index is 13.2. The molecule has 0 spiro atoms. The number of halogens is 5. The van der Waals surface area contributed by atoms with Crippen LogP contribution in [0.5, 0.6) is 0 Å². The first-order valence-corrected chi connectivity index (χ1v) is 10.9. The quantitative estimate of drug-likeness (QED) is 0.572. The highest BCUT2D eigenvalue weighted by atomic mass is 35.5. The summed E-state index contributed by atoms with van der Waals surface area (Å²) in [4.78, 5) is 37.8. The molecule has 2 aromatic rings. The molecule has 0 unspecified atom stereocenters. The molecule has 2 N–H and O–H groups in total. The van der Waals surface area contributed by atoms with E-state index in [2.05, 4.69) is 5.32 Å². The number of rotatable bonds is 6. The topological polar surface area (TPSA) is 90.0 Å². The monoisotopic (exact) mass is 517 g/mol. The largest absolute Gasteiger partial charge is 0.490 e. The van der Waals surface area contributed by atoms with Crippen molar-refractivity contribution in [1.82, 2.24) is 15.1 Å². The number of benzene rings is 2. The molecule has 0 bridgehead atoms. The number of nitrogens with one attached hydrogen (secondary N) is 1. The van der Waals surface area contributed by atoms with Crippen LogP contribution >= 0.6 is 11.6 Å². The van der Waals surface area contributed by atoms with E-state index in [1.807, 2.05) is 4.90 Å². The Bertz CT molecular complexity index is 1010. The van der Waals surface area contributed by atoms with Crippen molar-refractivity contribution in [2.75, 3.05) is 32.7 Å². The number of carboxylic acid groups (broad SMARTS) is 1. The number of carboxylic acids is 1. The van der Waals surface area contributed by atoms with Crippen LogP contribution in [0, 0.1) is 5.82 Å². The van der Waals surface area contributed by atoms with Crippen molar-refractivity contribution in [2.45, 2.75) is 19.1 Å². The Morgan fingerprint density at radius 1 is 1.06 bits per heavy atom. The summed E-state index contributed by atoms with van der Waals surface area (Å²) in [6.45, 7) is 3.50. The number of aliphatic carboxylic acids is 1. The summed E-state index contributed by atoms with van der Waals surface area (Å²) in [5, 5.41) is 10.8. The summed E-state index contributed by atoms with van der Waals surface area (Å²) < 4.78 is 44.9. The number of nitrogens with zero attached hydrogens (tertiary/aromatic N) is 2. The average Bonchev–Trinajstić information content (AvgIpc) is 2.82. The van der Waals surface area contributed by atoms with Crippen molar-refractivity contribution in [1.29, 1.82) is 0 Å². The maximum atomic E-state index is 13.2. The Kier molecular flexibility index (Phi) is 10.5. The van der Waals surface area contributed by atoms with E-state index in [4.69, 9.17) is 21.5 Å². The van der Waals surface area contributed by atoms with Crippen LogP contribution in [0.25, 0.3) is 0 Å². The number of hydrogen-bond donors (Lipinski definition) is 2. The van der Waals surface area contributed by atoms with E-state index in [-0.39, 0.29) is 30.6 Å². The normalized spacial score (nSPS) is 13.5. The Labute approximate surface area is 204 Å². The van der Waals surface area contributed by atoms with Gasteiger partial charge < -0.3 is 20.2 Å². The van der Waals surface area contributed by atoms with E-state index in [1.54, 1.807) is 41.3 Å². The summed E-state index contributed by atoms with van der Waals surface area (Å²) in [6, 6.07) is 12.8. The molecule has 7 nitrogen and oxygen atoms in total. The fourth-order valence-electron chi connectivity index (χ4n) is 3.17. The predicted octanol–water partition coefficient (Wildman–Crippen LogP) is 3.58. The number of carbonyl (C=O) groups excluding carboxylic acids is 2. The van der Waals surface area contributed by atoms with Crippen LogP contribution in [0.2, 0.25) is 5.02 Å². The SMILES string of the molecule is O=C(CCN(Cc1ccc(F)cc1)C(=O)c1cccc(Cl)c1)N1CCNCC1.O=C(O)C(F)(F)F. The molecule has 0 aliphatic carbocycles. The van der Waals surface area contributed by atoms with E-state index in [0.29, 0.717) is 30.2 Å². The highest BCUT2D eigenvalue weighted by Gasteiger charge is 2.38. The van der Waals surface area contributed by atoms with E-state index >= 15 is 0 Å². The second kappa shape index (κ2) is 13.1. The van der Waals surface area contributed by atoms with Gasteiger partial charge >= 0.3 is 12.1 Å². The van der Waals surface area contributed by atoms with Gasteiger partial charge in [0.15, 0.2) is 0 Å². The molecular weight excluding hydrogens is 494 g/mol. The molecule has 1 saturated heterocycles. The van der Waals surface area contributed by atoms with Crippen molar-refractivity contribution >= 4 is 29.4 Å². The highest BCUT2D eigenvalue weighted by Crippen LogP contribution is 2.16. The molecule has 2 aromatic carbocycles. The van der Waals surface area contributed by atoms with Gasteiger partial charge in [-0.3, -0.25) is 9.59 Å². The molecule has 1 heterocycles. The fraction of sp³-hybridized carbons (Fsp3) is 0.348. The fourth-order valence-corrected chi connectivity index (χ4v) is 3.36. The predicted molar refractivity (Wildman–Crippen MR) is 120 cm³/mol. The number of piperazine rings is 1. The highest BCUT2D eigenvalue weighted by molar-refractivity contribution is 6.30. The minimum atomic E-state index is -5.08. The first-order chi connectivity index (χ1) is 16.5. The zero-order chi connectivity index (χ0) is 26.0. The van der Waals surface area contributed by atoms with Crippen LogP contribution in [-0.4, -0.2) is 71.6 Å². The van der Waals surface area contributed by atoms with Gasteiger partial charge in [-0.2, -0.15) is 13.2 Å². The third-order valence-corrected chi connectivity index (χ3v) is 5.19. The van der Waals surface area contributed by atoms with Crippen LogP contribution in [0.15, 0.2) is 48.5 Å². The van der Waals surface area contributed by atoms with Crippen LogP contribution in [0.1, 0.15) is 22.3 Å². The number of alkyl halides is 3. The Balaban J connectivity index is 0.000000540. The maximum Gasteiger partial charge on any atom is 0.490 e.